The molecule has 54 heavy (non-hydrogen) atoms. The van der Waals surface area contributed by atoms with Crippen LogP contribution < -0.4 is 41.9 Å². The molecule has 8 nitrogen and oxygen atoms in total. The summed E-state index contributed by atoms with van der Waals surface area (Å²) in [6, 6.07) is 22.0. The lowest BCUT2D eigenvalue weighted by Gasteiger charge is -2.44. The van der Waals surface area contributed by atoms with Crippen LogP contribution >= 0.6 is 22.7 Å². The number of ether oxygens (including phenoxy) is 2. The zero-order valence-electron chi connectivity index (χ0n) is 29.2. The third-order valence-corrected chi connectivity index (χ3v) is 14.2. The first-order valence-electron chi connectivity index (χ1n) is 18.7. The van der Waals surface area contributed by atoms with E-state index in [-0.39, 0.29) is 32.4 Å². The largest absolute Gasteiger partial charge is 0.482 e. The van der Waals surface area contributed by atoms with Gasteiger partial charge in [0.25, 0.3) is 0 Å². The lowest BCUT2D eigenvalue weighted by molar-refractivity contribution is 0.0203. The van der Waals surface area contributed by atoms with Crippen LogP contribution in [0.1, 0.15) is 75.3 Å². The second-order valence-corrected chi connectivity index (χ2v) is 17.2. The molecular formula is C44H32N2O6S2. The van der Waals surface area contributed by atoms with E-state index in [2.05, 4.69) is 12.1 Å². The highest BCUT2D eigenvalue weighted by atomic mass is 32.1. The van der Waals surface area contributed by atoms with Crippen molar-refractivity contribution in [1.82, 2.24) is 0 Å². The molecule has 0 atom stereocenters. The summed E-state index contributed by atoms with van der Waals surface area (Å²) in [5.74, 6) is 1.52. The fraction of sp³-hybridized carbons (Fsp3) is 0.273. The van der Waals surface area contributed by atoms with Gasteiger partial charge in [0.15, 0.2) is 10.7 Å². The molecule has 0 saturated heterocycles. The predicted molar refractivity (Wildman–Crippen MR) is 212 cm³/mol. The third-order valence-electron chi connectivity index (χ3n) is 12.1. The zero-order chi connectivity index (χ0) is 36.3. The Bertz CT molecular complexity index is 2760. The summed E-state index contributed by atoms with van der Waals surface area (Å²) < 4.78 is 14.2. The van der Waals surface area contributed by atoms with E-state index in [9.17, 15) is 19.2 Å². The van der Waals surface area contributed by atoms with Crippen LogP contribution in [0.3, 0.4) is 0 Å². The van der Waals surface area contributed by atoms with Crippen molar-refractivity contribution in [3.63, 3.8) is 0 Å². The maximum Gasteiger partial charge on any atom is 0.216 e. The molecule has 0 bridgehead atoms. The highest BCUT2D eigenvalue weighted by Gasteiger charge is 2.47. The molecule has 7 aromatic rings. The van der Waals surface area contributed by atoms with Crippen LogP contribution in [0.25, 0.3) is 42.4 Å². The van der Waals surface area contributed by atoms with Gasteiger partial charge < -0.3 is 9.47 Å². The van der Waals surface area contributed by atoms with Gasteiger partial charge in [0.2, 0.25) is 21.7 Å². The maximum absolute atomic E-state index is 13.3. The second kappa shape index (κ2) is 11.6. The minimum atomic E-state index is -0.551. The van der Waals surface area contributed by atoms with Crippen molar-refractivity contribution in [1.29, 1.82) is 0 Å². The normalized spacial score (nSPS) is 17.8. The third kappa shape index (κ3) is 4.53. The van der Waals surface area contributed by atoms with Crippen molar-refractivity contribution in [2.45, 2.75) is 75.4 Å². The van der Waals surface area contributed by atoms with Gasteiger partial charge in [-0.05, 0) is 75.6 Å². The number of benzene rings is 3. The van der Waals surface area contributed by atoms with Crippen molar-refractivity contribution in [2.24, 2.45) is 9.98 Å². The van der Waals surface area contributed by atoms with E-state index in [0.29, 0.717) is 31.5 Å². The lowest BCUT2D eigenvalue weighted by Crippen LogP contribution is -2.38. The lowest BCUT2D eigenvalue weighted by atomic mass is 9.76. The Morgan fingerprint density at radius 2 is 0.833 bits per heavy atom. The number of hydrogen-bond donors (Lipinski definition) is 0. The Morgan fingerprint density at radius 3 is 1.19 bits per heavy atom. The summed E-state index contributed by atoms with van der Waals surface area (Å²) in [7, 11) is 0. The van der Waals surface area contributed by atoms with Gasteiger partial charge in [-0.15, -0.1) is 22.7 Å². The number of thiophene rings is 2. The summed E-state index contributed by atoms with van der Waals surface area (Å²) in [5.41, 5.74) is 1.47. The van der Waals surface area contributed by atoms with E-state index in [0.717, 1.165) is 108 Å². The molecule has 4 aliphatic rings. The van der Waals surface area contributed by atoms with Gasteiger partial charge in [0.05, 0.1) is 0 Å². The van der Waals surface area contributed by atoms with Crippen LogP contribution in [-0.4, -0.2) is 0 Å². The Labute approximate surface area is 315 Å². The van der Waals surface area contributed by atoms with Crippen LogP contribution in [-0.2, 0) is 11.2 Å². The molecule has 4 heterocycles. The highest BCUT2D eigenvalue weighted by Crippen LogP contribution is 2.61. The number of hydrogen-bond acceptors (Lipinski definition) is 10. The smallest absolute Gasteiger partial charge is 0.216 e. The molecule has 5 aromatic carbocycles. The van der Waals surface area contributed by atoms with Crippen LogP contribution in [0.5, 0.6) is 11.5 Å². The van der Waals surface area contributed by atoms with E-state index in [4.69, 9.17) is 19.5 Å². The molecule has 2 aliphatic heterocycles. The minimum Gasteiger partial charge on any atom is -0.482 e. The van der Waals surface area contributed by atoms with Gasteiger partial charge in [-0.25, -0.2) is 9.98 Å². The molecule has 2 aliphatic carbocycles. The molecule has 11 rings (SSSR count). The van der Waals surface area contributed by atoms with E-state index in [1.807, 2.05) is 12.1 Å². The summed E-state index contributed by atoms with van der Waals surface area (Å²) in [6.45, 7) is 0. The molecule has 0 radical (unpaired) electrons. The van der Waals surface area contributed by atoms with Crippen molar-refractivity contribution in [2.75, 3.05) is 0 Å². The van der Waals surface area contributed by atoms with Gasteiger partial charge in [0, 0.05) is 53.6 Å². The molecule has 2 aromatic heterocycles. The van der Waals surface area contributed by atoms with E-state index >= 15 is 0 Å². The molecule has 10 heteroatoms. The quantitative estimate of drug-likeness (QED) is 0.176. The van der Waals surface area contributed by atoms with Crippen molar-refractivity contribution >= 4 is 54.2 Å². The van der Waals surface area contributed by atoms with Gasteiger partial charge >= 0.3 is 0 Å². The molecule has 0 unspecified atom stereocenters. The maximum atomic E-state index is 13.3. The predicted octanol–water partition coefficient (Wildman–Crippen LogP) is 8.21. The Balaban J connectivity index is 1.10. The topological polar surface area (TPSA) is 111 Å². The SMILES string of the molecule is O=c1c(=Nc2cc3c(s2)-c2cc4c(cc2OC32CCCCC2)-c2sc(N=c3c(=O)c5ccccc5c3=O)cc2C2(CCCCC2)O4)c(=O)c2ccccc12. The fourth-order valence-corrected chi connectivity index (χ4v) is 11.7. The van der Waals surface area contributed by atoms with Crippen LogP contribution in [0.15, 0.2) is 102 Å². The van der Waals surface area contributed by atoms with E-state index in [1.165, 1.54) is 22.7 Å². The van der Waals surface area contributed by atoms with Crippen LogP contribution in [0.2, 0.25) is 0 Å². The average Bonchev–Trinajstić information content (AvgIpc) is 3.95. The Hall–Kier alpha value is -5.32. The van der Waals surface area contributed by atoms with E-state index in [1.54, 1.807) is 48.5 Å². The summed E-state index contributed by atoms with van der Waals surface area (Å²) >= 11 is 2.98. The zero-order valence-corrected chi connectivity index (χ0v) is 30.8. The van der Waals surface area contributed by atoms with Crippen LogP contribution in [0, 0.1) is 0 Å². The molecule has 0 amide bonds. The van der Waals surface area contributed by atoms with Crippen molar-refractivity contribution < 1.29 is 9.47 Å². The molecule has 2 fully saturated rings. The monoisotopic (exact) mass is 748 g/mol. The molecule has 2 spiro atoms. The summed E-state index contributed by atoms with van der Waals surface area (Å²) in [6.07, 6.45) is 9.77. The Morgan fingerprint density at radius 1 is 0.481 bits per heavy atom. The molecular weight excluding hydrogens is 717 g/mol. The van der Waals surface area contributed by atoms with Gasteiger partial charge in [-0.3, -0.25) is 19.2 Å². The van der Waals surface area contributed by atoms with Gasteiger partial charge in [-0.1, -0.05) is 61.4 Å². The number of fused-ring (bicyclic) bond motifs is 10. The average molecular weight is 749 g/mol. The van der Waals surface area contributed by atoms with Gasteiger partial charge in [0.1, 0.15) is 32.7 Å². The summed E-state index contributed by atoms with van der Waals surface area (Å²) in [5, 5.41) is 2.71. The molecule has 266 valence electrons. The first-order valence-corrected chi connectivity index (χ1v) is 20.4. The number of rotatable bonds is 2. The van der Waals surface area contributed by atoms with Crippen molar-refractivity contribution in [3.05, 3.63) is 136 Å². The first-order chi connectivity index (χ1) is 26.3. The van der Waals surface area contributed by atoms with Gasteiger partial charge in [-0.2, -0.15) is 0 Å². The highest BCUT2D eigenvalue weighted by molar-refractivity contribution is 7.19. The standard InChI is InChI=1S/C44H32N2O6S2/c47-37-23-11-3-4-12-24(23)38(48)35(37)45-33-21-29-41(53-33)27-20-32-28(19-31(27)51-43(29)15-7-1-8-16-43)42-30(44(52-32)17-9-2-10-18-44)22-34(54-42)46-36-39(49)25-13-5-6-14-26(25)40(36)50/h3-6,11-14,19-22H,1-2,7-10,15-18H2. The van der Waals surface area contributed by atoms with Crippen LogP contribution in [0.4, 0.5) is 10.0 Å². The molecule has 2 saturated carbocycles. The van der Waals surface area contributed by atoms with E-state index < -0.39 is 11.2 Å². The fourth-order valence-electron chi connectivity index (χ4n) is 9.44. The summed E-state index contributed by atoms with van der Waals surface area (Å²) in [4.78, 5) is 64.8. The number of nitrogens with zero attached hydrogens (tertiary/aromatic N) is 2. The first kappa shape index (κ1) is 32.1. The second-order valence-electron chi connectivity index (χ2n) is 15.1. The minimum absolute atomic E-state index is 0.0452. The Kier molecular flexibility index (Phi) is 6.90. The van der Waals surface area contributed by atoms with Crippen molar-refractivity contribution in [3.8, 4) is 32.4 Å². The molecule has 0 N–H and O–H groups in total.